The van der Waals surface area contributed by atoms with Gasteiger partial charge in [-0.15, -0.1) is 0 Å². The van der Waals surface area contributed by atoms with Crippen LogP contribution in [0, 0.1) is 0 Å². The second-order valence-corrected chi connectivity index (χ2v) is 8.03. The molecule has 2 aliphatic rings. The fourth-order valence-electron chi connectivity index (χ4n) is 3.27. The molecule has 0 saturated carbocycles. The number of carbonyl (C=O) groups excluding carboxylic acids is 3. The molecule has 0 radical (unpaired) electrons. The maximum atomic E-state index is 12.1. The summed E-state index contributed by atoms with van der Waals surface area (Å²) in [6.07, 6.45) is 3.97. The van der Waals surface area contributed by atoms with Gasteiger partial charge in [0, 0.05) is 31.8 Å². The van der Waals surface area contributed by atoms with Gasteiger partial charge in [-0.25, -0.2) is 4.79 Å². The Morgan fingerprint density at radius 1 is 1.26 bits per heavy atom. The van der Waals surface area contributed by atoms with Gasteiger partial charge in [-0.3, -0.25) is 19.6 Å². The minimum absolute atomic E-state index is 0.195. The number of rotatable bonds is 3. The molecule has 9 nitrogen and oxygen atoms in total. The summed E-state index contributed by atoms with van der Waals surface area (Å²) in [4.78, 5) is 36.9. The Morgan fingerprint density at radius 3 is 2.59 bits per heavy atom. The monoisotopic (exact) mass is 377 g/mol. The van der Waals surface area contributed by atoms with Crippen molar-refractivity contribution in [2.45, 2.75) is 64.1 Å². The number of hydrogen-bond acceptors (Lipinski definition) is 6. The average Bonchev–Trinajstić information content (AvgIpc) is 3.05. The molecule has 0 aliphatic carbocycles. The first-order valence-corrected chi connectivity index (χ1v) is 9.34. The molecule has 2 aliphatic heterocycles. The van der Waals surface area contributed by atoms with Gasteiger partial charge in [-0.05, 0) is 40.0 Å². The zero-order valence-electron chi connectivity index (χ0n) is 16.0. The van der Waals surface area contributed by atoms with E-state index in [1.165, 1.54) is 0 Å². The van der Waals surface area contributed by atoms with Gasteiger partial charge in [0.25, 0.3) is 0 Å². The van der Waals surface area contributed by atoms with Crippen LogP contribution in [0.25, 0.3) is 0 Å². The highest BCUT2D eigenvalue weighted by atomic mass is 16.6. The maximum Gasteiger partial charge on any atom is 0.410 e. The SMILES string of the molecule is CC(C)(C)OC(=O)N1CCC(n2ccc(NC3CCC(=O)NC3=O)n2)CC1. The minimum atomic E-state index is -0.494. The van der Waals surface area contributed by atoms with Crippen LogP contribution in [0.5, 0.6) is 0 Å². The van der Waals surface area contributed by atoms with E-state index in [0.29, 0.717) is 31.7 Å². The summed E-state index contributed by atoms with van der Waals surface area (Å²) in [7, 11) is 0. The molecule has 3 rings (SSSR count). The normalized spacial score (nSPS) is 21.7. The highest BCUT2D eigenvalue weighted by Gasteiger charge is 2.29. The zero-order valence-corrected chi connectivity index (χ0v) is 16.0. The van der Waals surface area contributed by atoms with Crippen molar-refractivity contribution in [2.24, 2.45) is 0 Å². The molecule has 9 heteroatoms. The van der Waals surface area contributed by atoms with Crippen LogP contribution in [-0.2, 0) is 14.3 Å². The number of likely N-dealkylation sites (tertiary alicyclic amines) is 1. The number of nitrogens with one attached hydrogen (secondary N) is 2. The molecule has 1 aromatic rings. The summed E-state index contributed by atoms with van der Waals surface area (Å²) in [6.45, 7) is 6.82. The van der Waals surface area contributed by atoms with Crippen molar-refractivity contribution in [3.8, 4) is 0 Å². The predicted molar refractivity (Wildman–Crippen MR) is 98.1 cm³/mol. The first-order valence-electron chi connectivity index (χ1n) is 9.34. The van der Waals surface area contributed by atoms with E-state index in [9.17, 15) is 14.4 Å². The molecule has 0 spiro atoms. The molecule has 148 valence electrons. The second-order valence-electron chi connectivity index (χ2n) is 8.03. The quantitative estimate of drug-likeness (QED) is 0.777. The van der Waals surface area contributed by atoms with Crippen LogP contribution in [0.3, 0.4) is 0 Å². The molecule has 3 heterocycles. The Morgan fingerprint density at radius 2 is 1.96 bits per heavy atom. The lowest BCUT2D eigenvalue weighted by atomic mass is 10.1. The standard InChI is InChI=1S/C18H27N5O4/c1-18(2,3)27-17(26)22-9-6-12(7-10-22)23-11-8-14(21-23)19-13-4-5-15(24)20-16(13)25/h8,11-13H,4-7,9-10H2,1-3H3,(H,19,21)(H,20,24,25). The number of carbonyl (C=O) groups is 3. The molecule has 1 unspecified atom stereocenters. The highest BCUT2D eigenvalue weighted by molar-refractivity contribution is 6.01. The topological polar surface area (TPSA) is 106 Å². The Kier molecular flexibility index (Phi) is 5.38. The van der Waals surface area contributed by atoms with Gasteiger partial charge < -0.3 is 15.0 Å². The van der Waals surface area contributed by atoms with Crippen LogP contribution in [0.4, 0.5) is 10.6 Å². The van der Waals surface area contributed by atoms with Crippen molar-refractivity contribution in [3.63, 3.8) is 0 Å². The third-order valence-corrected chi connectivity index (χ3v) is 4.66. The van der Waals surface area contributed by atoms with Gasteiger partial charge in [0.2, 0.25) is 11.8 Å². The Hall–Kier alpha value is -2.58. The fourth-order valence-corrected chi connectivity index (χ4v) is 3.27. The zero-order chi connectivity index (χ0) is 19.6. The Bertz CT molecular complexity index is 716. The van der Waals surface area contributed by atoms with E-state index in [1.54, 1.807) is 4.90 Å². The first-order chi connectivity index (χ1) is 12.7. The number of anilines is 1. The van der Waals surface area contributed by atoms with Crippen LogP contribution in [-0.4, -0.2) is 57.3 Å². The molecule has 1 atom stereocenters. The van der Waals surface area contributed by atoms with Crippen molar-refractivity contribution in [1.29, 1.82) is 0 Å². The highest BCUT2D eigenvalue weighted by Crippen LogP contribution is 2.24. The largest absolute Gasteiger partial charge is 0.444 e. The molecule has 3 amide bonds. The summed E-state index contributed by atoms with van der Waals surface area (Å²) in [5.41, 5.74) is -0.494. The van der Waals surface area contributed by atoms with E-state index >= 15 is 0 Å². The average molecular weight is 377 g/mol. The number of piperidine rings is 2. The number of imide groups is 1. The smallest absolute Gasteiger partial charge is 0.410 e. The van der Waals surface area contributed by atoms with Gasteiger partial charge in [0.1, 0.15) is 17.5 Å². The molecule has 2 N–H and O–H groups in total. The van der Waals surface area contributed by atoms with Crippen molar-refractivity contribution >= 4 is 23.7 Å². The second kappa shape index (κ2) is 7.58. The third-order valence-electron chi connectivity index (χ3n) is 4.66. The van der Waals surface area contributed by atoms with E-state index in [2.05, 4.69) is 15.7 Å². The van der Waals surface area contributed by atoms with Crippen LogP contribution in [0.1, 0.15) is 52.5 Å². The lowest BCUT2D eigenvalue weighted by Gasteiger charge is -2.33. The fraction of sp³-hybridized carbons (Fsp3) is 0.667. The summed E-state index contributed by atoms with van der Waals surface area (Å²) in [5.74, 6) is 0.0610. The van der Waals surface area contributed by atoms with Crippen LogP contribution < -0.4 is 10.6 Å². The Labute approximate surface area is 158 Å². The number of amides is 3. The molecular weight excluding hydrogens is 350 g/mol. The Balaban J connectivity index is 1.52. The number of aromatic nitrogens is 2. The van der Waals surface area contributed by atoms with Gasteiger partial charge in [0.05, 0.1) is 6.04 Å². The van der Waals surface area contributed by atoms with Crippen molar-refractivity contribution in [2.75, 3.05) is 18.4 Å². The molecule has 27 heavy (non-hydrogen) atoms. The molecule has 0 aromatic carbocycles. The van der Waals surface area contributed by atoms with Crippen molar-refractivity contribution in [1.82, 2.24) is 20.0 Å². The molecule has 2 fully saturated rings. The first kappa shape index (κ1) is 19.2. The van der Waals surface area contributed by atoms with Crippen molar-refractivity contribution in [3.05, 3.63) is 12.3 Å². The molecule has 1 aromatic heterocycles. The number of hydrogen-bond donors (Lipinski definition) is 2. The van der Waals surface area contributed by atoms with Gasteiger partial charge in [-0.2, -0.15) is 5.10 Å². The lowest BCUT2D eigenvalue weighted by molar-refractivity contribution is -0.133. The van der Waals surface area contributed by atoms with E-state index in [0.717, 1.165) is 12.8 Å². The van der Waals surface area contributed by atoms with E-state index < -0.39 is 11.6 Å². The van der Waals surface area contributed by atoms with Crippen molar-refractivity contribution < 1.29 is 19.1 Å². The van der Waals surface area contributed by atoms with E-state index in [1.807, 2.05) is 37.7 Å². The molecule has 2 saturated heterocycles. The van der Waals surface area contributed by atoms with Gasteiger partial charge in [0.15, 0.2) is 0 Å². The van der Waals surface area contributed by atoms with Crippen LogP contribution in [0.15, 0.2) is 12.3 Å². The minimum Gasteiger partial charge on any atom is -0.444 e. The van der Waals surface area contributed by atoms with Gasteiger partial charge in [-0.1, -0.05) is 0 Å². The summed E-state index contributed by atoms with van der Waals surface area (Å²) in [6, 6.07) is 1.57. The van der Waals surface area contributed by atoms with E-state index in [-0.39, 0.29) is 23.9 Å². The van der Waals surface area contributed by atoms with Gasteiger partial charge >= 0.3 is 6.09 Å². The third kappa shape index (κ3) is 4.99. The predicted octanol–water partition coefficient (Wildman–Crippen LogP) is 1.67. The summed E-state index contributed by atoms with van der Waals surface area (Å²) >= 11 is 0. The van der Waals surface area contributed by atoms with E-state index in [4.69, 9.17) is 4.74 Å². The summed E-state index contributed by atoms with van der Waals surface area (Å²) < 4.78 is 7.29. The number of nitrogens with zero attached hydrogens (tertiary/aromatic N) is 3. The van der Waals surface area contributed by atoms with Crippen LogP contribution in [0.2, 0.25) is 0 Å². The number of ether oxygens (including phenoxy) is 1. The van der Waals surface area contributed by atoms with Crippen LogP contribution >= 0.6 is 0 Å². The molecule has 0 bridgehead atoms. The molecular formula is C18H27N5O4. The lowest BCUT2D eigenvalue weighted by Crippen LogP contribution is -2.47. The summed E-state index contributed by atoms with van der Waals surface area (Å²) in [5, 5.41) is 9.93. The maximum absolute atomic E-state index is 12.1.